The van der Waals surface area contributed by atoms with E-state index in [2.05, 4.69) is 58.1 Å². The number of benzene rings is 2. The van der Waals surface area contributed by atoms with Crippen molar-refractivity contribution in [2.75, 3.05) is 19.5 Å². The van der Waals surface area contributed by atoms with Gasteiger partial charge < -0.3 is 14.8 Å². The Hall–Kier alpha value is -3.35. The Morgan fingerprint density at radius 1 is 1.07 bits per heavy atom. The molecular weight excluding hydrogens is 342 g/mol. The summed E-state index contributed by atoms with van der Waals surface area (Å²) in [5.74, 6) is 1.93. The second-order valence-electron chi connectivity index (χ2n) is 6.23. The molecule has 1 N–H and O–H groups in total. The molecule has 7 nitrogen and oxygen atoms in total. The van der Waals surface area contributed by atoms with Gasteiger partial charge in [0.15, 0.2) is 11.5 Å². The third-order valence-corrected chi connectivity index (χ3v) is 4.75. The highest BCUT2D eigenvalue weighted by molar-refractivity contribution is 5.77. The van der Waals surface area contributed by atoms with E-state index >= 15 is 0 Å². The highest BCUT2D eigenvalue weighted by atomic mass is 16.5. The van der Waals surface area contributed by atoms with E-state index in [0.29, 0.717) is 17.4 Å². The number of hydrogen-bond donors (Lipinski definition) is 1. The van der Waals surface area contributed by atoms with Gasteiger partial charge in [-0.25, -0.2) is 0 Å². The Balaban J connectivity index is 1.82. The highest BCUT2D eigenvalue weighted by Gasteiger charge is 2.27. The fourth-order valence-electron chi connectivity index (χ4n) is 3.31. The molecule has 0 bridgehead atoms. The van der Waals surface area contributed by atoms with Crippen LogP contribution in [-0.2, 0) is 6.42 Å². The average Bonchev–Trinajstić information content (AvgIpc) is 3.21. The summed E-state index contributed by atoms with van der Waals surface area (Å²) in [7, 11) is 3.26. The van der Waals surface area contributed by atoms with Gasteiger partial charge in [0.05, 0.1) is 14.2 Å². The van der Waals surface area contributed by atoms with Gasteiger partial charge in [-0.2, -0.15) is 4.68 Å². The van der Waals surface area contributed by atoms with E-state index < -0.39 is 0 Å². The predicted octanol–water partition coefficient (Wildman–Crippen LogP) is 3.31. The number of aromatic nitrogens is 4. The molecule has 2 heterocycles. The lowest BCUT2D eigenvalue weighted by Gasteiger charge is -2.25. The van der Waals surface area contributed by atoms with E-state index in [4.69, 9.17) is 9.47 Å². The van der Waals surface area contributed by atoms with Crippen molar-refractivity contribution >= 4 is 11.6 Å². The van der Waals surface area contributed by atoms with Gasteiger partial charge in [0.1, 0.15) is 6.04 Å². The molecule has 3 aromatic rings. The SMILES string of the molecule is CCc1ccc(C2=C[C@H](c3cccc(OC)c3OC)n3nnnc3N2)cc1. The van der Waals surface area contributed by atoms with Crippen LogP contribution in [0.3, 0.4) is 0 Å². The Kier molecular flexibility index (Phi) is 4.50. The van der Waals surface area contributed by atoms with Crippen LogP contribution in [0.25, 0.3) is 5.70 Å². The van der Waals surface area contributed by atoms with Crippen LogP contribution in [0.1, 0.15) is 29.7 Å². The van der Waals surface area contributed by atoms with Crippen molar-refractivity contribution in [2.24, 2.45) is 0 Å². The van der Waals surface area contributed by atoms with E-state index in [9.17, 15) is 0 Å². The zero-order valence-corrected chi connectivity index (χ0v) is 15.5. The molecular formula is C20H21N5O2. The maximum absolute atomic E-state index is 5.63. The third-order valence-electron chi connectivity index (χ3n) is 4.75. The largest absolute Gasteiger partial charge is 0.493 e. The minimum Gasteiger partial charge on any atom is -0.493 e. The van der Waals surface area contributed by atoms with Gasteiger partial charge in [-0.05, 0) is 40.1 Å². The van der Waals surface area contributed by atoms with E-state index in [0.717, 1.165) is 23.2 Å². The summed E-state index contributed by atoms with van der Waals surface area (Å²) in [6.45, 7) is 2.15. The van der Waals surface area contributed by atoms with E-state index in [-0.39, 0.29) is 6.04 Å². The van der Waals surface area contributed by atoms with Crippen LogP contribution >= 0.6 is 0 Å². The van der Waals surface area contributed by atoms with Gasteiger partial charge >= 0.3 is 0 Å². The molecule has 1 atom stereocenters. The van der Waals surface area contributed by atoms with Gasteiger partial charge in [-0.3, -0.25) is 0 Å². The number of fused-ring (bicyclic) bond motifs is 1. The van der Waals surface area contributed by atoms with Crippen LogP contribution in [0.15, 0.2) is 48.5 Å². The first-order chi connectivity index (χ1) is 13.2. The number of ether oxygens (including phenoxy) is 2. The molecule has 0 spiro atoms. The van der Waals surface area contributed by atoms with Crippen LogP contribution in [0.2, 0.25) is 0 Å². The normalized spacial score (nSPS) is 15.5. The Morgan fingerprint density at radius 2 is 1.89 bits per heavy atom. The van der Waals surface area contributed by atoms with Crippen molar-refractivity contribution in [3.8, 4) is 11.5 Å². The third kappa shape index (κ3) is 3.01. The number of nitrogens with zero attached hydrogens (tertiary/aromatic N) is 4. The molecule has 2 aromatic carbocycles. The number of methoxy groups -OCH3 is 2. The fraction of sp³-hybridized carbons (Fsp3) is 0.250. The molecule has 7 heteroatoms. The predicted molar refractivity (Wildman–Crippen MR) is 103 cm³/mol. The summed E-state index contributed by atoms with van der Waals surface area (Å²) in [5.41, 5.74) is 4.25. The van der Waals surface area contributed by atoms with Crippen molar-refractivity contribution < 1.29 is 9.47 Å². The minimum absolute atomic E-state index is 0.220. The lowest BCUT2D eigenvalue weighted by molar-refractivity contribution is 0.348. The van der Waals surface area contributed by atoms with Gasteiger partial charge in [0.2, 0.25) is 5.95 Å². The van der Waals surface area contributed by atoms with Crippen molar-refractivity contribution in [1.82, 2.24) is 20.2 Å². The molecule has 1 aliphatic rings. The van der Waals surface area contributed by atoms with Crippen molar-refractivity contribution in [2.45, 2.75) is 19.4 Å². The molecule has 0 unspecified atom stereocenters. The quantitative estimate of drug-likeness (QED) is 0.750. The number of tetrazole rings is 1. The maximum atomic E-state index is 5.63. The van der Waals surface area contributed by atoms with Crippen LogP contribution in [-0.4, -0.2) is 34.4 Å². The van der Waals surface area contributed by atoms with Crippen LogP contribution in [0.5, 0.6) is 11.5 Å². The molecule has 27 heavy (non-hydrogen) atoms. The molecule has 1 aliphatic heterocycles. The number of allylic oxidation sites excluding steroid dienone is 1. The number of aryl methyl sites for hydroxylation is 1. The molecule has 0 aliphatic carbocycles. The monoisotopic (exact) mass is 363 g/mol. The molecule has 0 saturated carbocycles. The smallest absolute Gasteiger partial charge is 0.248 e. The summed E-state index contributed by atoms with van der Waals surface area (Å²) in [6.07, 6.45) is 3.11. The summed E-state index contributed by atoms with van der Waals surface area (Å²) in [5, 5.41) is 15.4. The van der Waals surface area contributed by atoms with Gasteiger partial charge in [0, 0.05) is 11.3 Å². The van der Waals surface area contributed by atoms with Crippen molar-refractivity contribution in [1.29, 1.82) is 0 Å². The zero-order valence-electron chi connectivity index (χ0n) is 15.5. The first-order valence-corrected chi connectivity index (χ1v) is 8.82. The maximum Gasteiger partial charge on any atom is 0.248 e. The highest BCUT2D eigenvalue weighted by Crippen LogP contribution is 2.40. The molecule has 0 radical (unpaired) electrons. The van der Waals surface area contributed by atoms with E-state index in [1.165, 1.54) is 5.56 Å². The molecule has 4 rings (SSSR count). The van der Waals surface area contributed by atoms with E-state index in [1.807, 2.05) is 18.2 Å². The lowest BCUT2D eigenvalue weighted by Crippen LogP contribution is -2.21. The minimum atomic E-state index is -0.220. The number of nitrogens with one attached hydrogen (secondary N) is 1. The second kappa shape index (κ2) is 7.11. The Labute approximate surface area is 157 Å². The summed E-state index contributed by atoms with van der Waals surface area (Å²) in [6, 6.07) is 14.1. The number of rotatable bonds is 5. The van der Waals surface area contributed by atoms with Crippen LogP contribution in [0, 0.1) is 0 Å². The molecule has 1 aromatic heterocycles. The van der Waals surface area contributed by atoms with Gasteiger partial charge in [-0.1, -0.05) is 48.4 Å². The Bertz CT molecular complexity index is 978. The summed E-state index contributed by atoms with van der Waals surface area (Å²) < 4.78 is 12.8. The lowest BCUT2D eigenvalue weighted by atomic mass is 9.99. The second-order valence-corrected chi connectivity index (χ2v) is 6.23. The summed E-state index contributed by atoms with van der Waals surface area (Å²) >= 11 is 0. The Morgan fingerprint density at radius 3 is 2.59 bits per heavy atom. The average molecular weight is 363 g/mol. The zero-order chi connectivity index (χ0) is 18.8. The first kappa shape index (κ1) is 17.1. The fourth-order valence-corrected chi connectivity index (χ4v) is 3.31. The van der Waals surface area contributed by atoms with E-state index in [1.54, 1.807) is 18.9 Å². The molecule has 0 fully saturated rings. The number of anilines is 1. The van der Waals surface area contributed by atoms with Crippen LogP contribution < -0.4 is 14.8 Å². The first-order valence-electron chi connectivity index (χ1n) is 8.82. The molecule has 0 saturated heterocycles. The van der Waals surface area contributed by atoms with Crippen molar-refractivity contribution in [3.63, 3.8) is 0 Å². The topological polar surface area (TPSA) is 74.1 Å². The van der Waals surface area contributed by atoms with Gasteiger partial charge in [-0.15, -0.1) is 0 Å². The standard InChI is InChI=1S/C20H21N5O2/c1-4-13-8-10-14(11-9-13)16-12-17(25-20(21-16)22-23-24-25)15-6-5-7-18(26-2)19(15)27-3/h5-12,17H,4H2,1-3H3,(H,21,22,24)/t17-/m1/s1. The molecule has 0 amide bonds. The van der Waals surface area contributed by atoms with Crippen LogP contribution in [0.4, 0.5) is 5.95 Å². The van der Waals surface area contributed by atoms with Gasteiger partial charge in [0.25, 0.3) is 0 Å². The number of hydrogen-bond acceptors (Lipinski definition) is 6. The summed E-state index contributed by atoms with van der Waals surface area (Å²) in [4.78, 5) is 0. The number of para-hydroxylation sites is 1. The molecule has 138 valence electrons. The van der Waals surface area contributed by atoms with Crippen molar-refractivity contribution in [3.05, 3.63) is 65.2 Å².